The van der Waals surface area contributed by atoms with E-state index in [1.165, 1.54) is 6.07 Å². The summed E-state index contributed by atoms with van der Waals surface area (Å²) < 4.78 is 51.0. The lowest BCUT2D eigenvalue weighted by atomic mass is 10.1. The van der Waals surface area contributed by atoms with Crippen LogP contribution >= 0.6 is 11.6 Å². The van der Waals surface area contributed by atoms with Crippen LogP contribution in [-0.2, 0) is 6.18 Å². The Morgan fingerprint density at radius 2 is 2.06 bits per heavy atom. The molecule has 100 valence electrons. The van der Waals surface area contributed by atoms with Crippen molar-refractivity contribution < 1.29 is 17.6 Å². The molecule has 0 amide bonds. The van der Waals surface area contributed by atoms with Crippen LogP contribution in [0.5, 0.6) is 0 Å². The van der Waals surface area contributed by atoms with Crippen molar-refractivity contribution >= 4 is 17.3 Å². The zero-order valence-electron chi connectivity index (χ0n) is 9.47. The number of alkyl halides is 4. The van der Waals surface area contributed by atoms with Crippen molar-refractivity contribution in [3.05, 3.63) is 29.6 Å². The summed E-state index contributed by atoms with van der Waals surface area (Å²) in [6, 6.07) is 2.63. The largest absolute Gasteiger partial charge is 0.416 e. The number of halogens is 5. The number of anilines is 1. The Bertz CT molecular complexity index is 433. The van der Waals surface area contributed by atoms with Crippen molar-refractivity contribution in [3.8, 4) is 0 Å². The highest BCUT2D eigenvalue weighted by atomic mass is 35.5. The molecule has 2 rings (SSSR count). The van der Waals surface area contributed by atoms with E-state index in [2.05, 4.69) is 0 Å². The van der Waals surface area contributed by atoms with E-state index in [1.54, 1.807) is 4.90 Å². The quantitative estimate of drug-likeness (QED) is 0.584. The van der Waals surface area contributed by atoms with Gasteiger partial charge in [0.1, 0.15) is 5.82 Å². The molecular formula is C12H12ClF4N. The van der Waals surface area contributed by atoms with Crippen LogP contribution in [0, 0.1) is 5.82 Å². The van der Waals surface area contributed by atoms with Crippen LogP contribution in [0.3, 0.4) is 0 Å². The fraction of sp³-hybridized carbons (Fsp3) is 0.500. The maximum Gasteiger partial charge on any atom is 0.416 e. The predicted molar refractivity (Wildman–Crippen MR) is 62.5 cm³/mol. The molecule has 1 aliphatic rings. The minimum Gasteiger partial charge on any atom is -0.365 e. The lowest BCUT2D eigenvalue weighted by Crippen LogP contribution is -2.31. The molecule has 1 aromatic rings. The molecule has 6 heteroatoms. The van der Waals surface area contributed by atoms with E-state index in [1.807, 2.05) is 0 Å². The van der Waals surface area contributed by atoms with Crippen LogP contribution in [0.2, 0.25) is 0 Å². The molecule has 1 aromatic carbocycles. The van der Waals surface area contributed by atoms with Crippen LogP contribution in [0.15, 0.2) is 18.2 Å². The van der Waals surface area contributed by atoms with Crippen LogP contribution in [0.4, 0.5) is 23.2 Å². The number of hydrogen-bond donors (Lipinski definition) is 0. The molecule has 1 fully saturated rings. The third-order valence-corrected chi connectivity index (χ3v) is 3.50. The third kappa shape index (κ3) is 2.55. The van der Waals surface area contributed by atoms with Gasteiger partial charge >= 0.3 is 6.18 Å². The average molecular weight is 282 g/mol. The normalized spacial score (nSPS) is 20.5. The van der Waals surface area contributed by atoms with Gasteiger partial charge in [0.15, 0.2) is 0 Å². The molecule has 0 aliphatic carbocycles. The van der Waals surface area contributed by atoms with E-state index in [4.69, 9.17) is 11.6 Å². The molecule has 1 aliphatic heterocycles. The number of rotatable bonds is 2. The zero-order chi connectivity index (χ0) is 13.3. The van der Waals surface area contributed by atoms with Gasteiger partial charge in [-0.15, -0.1) is 11.6 Å². The van der Waals surface area contributed by atoms with Crippen molar-refractivity contribution in [1.29, 1.82) is 0 Å². The second-order valence-electron chi connectivity index (χ2n) is 4.31. The third-order valence-electron chi connectivity index (χ3n) is 3.14. The first-order valence-electron chi connectivity index (χ1n) is 5.63. The van der Waals surface area contributed by atoms with E-state index in [0.717, 1.165) is 18.9 Å². The number of nitrogens with zero attached hydrogens (tertiary/aromatic N) is 1. The Kier molecular flexibility index (Phi) is 3.71. The molecule has 0 N–H and O–H groups in total. The van der Waals surface area contributed by atoms with Gasteiger partial charge in [0.2, 0.25) is 0 Å². The molecule has 1 heterocycles. The summed E-state index contributed by atoms with van der Waals surface area (Å²) in [4.78, 5) is 1.74. The van der Waals surface area contributed by atoms with Gasteiger partial charge in [-0.05, 0) is 31.0 Å². The topological polar surface area (TPSA) is 3.24 Å². The van der Waals surface area contributed by atoms with Gasteiger partial charge in [-0.2, -0.15) is 13.2 Å². The minimum absolute atomic E-state index is 0.00194. The van der Waals surface area contributed by atoms with E-state index < -0.39 is 17.6 Å². The molecule has 0 saturated carbocycles. The van der Waals surface area contributed by atoms with Gasteiger partial charge in [-0.25, -0.2) is 4.39 Å². The van der Waals surface area contributed by atoms with Gasteiger partial charge in [0.05, 0.1) is 11.3 Å². The van der Waals surface area contributed by atoms with Gasteiger partial charge in [0, 0.05) is 18.5 Å². The summed E-state index contributed by atoms with van der Waals surface area (Å²) in [5.41, 5.74) is -0.767. The highest BCUT2D eigenvalue weighted by Crippen LogP contribution is 2.34. The van der Waals surface area contributed by atoms with Gasteiger partial charge in [-0.3, -0.25) is 0 Å². The van der Waals surface area contributed by atoms with Gasteiger partial charge in [-0.1, -0.05) is 0 Å². The zero-order valence-corrected chi connectivity index (χ0v) is 10.2. The van der Waals surface area contributed by atoms with Crippen molar-refractivity contribution in [2.24, 2.45) is 0 Å². The molecule has 1 saturated heterocycles. The second kappa shape index (κ2) is 4.96. The first-order valence-corrected chi connectivity index (χ1v) is 6.16. The van der Waals surface area contributed by atoms with Crippen molar-refractivity contribution in [2.75, 3.05) is 17.3 Å². The Labute approximate surface area is 107 Å². The van der Waals surface area contributed by atoms with E-state index in [9.17, 15) is 17.6 Å². The molecular weight excluding hydrogens is 270 g/mol. The first kappa shape index (κ1) is 13.5. The average Bonchev–Trinajstić information content (AvgIpc) is 2.75. The SMILES string of the molecule is Fc1cc(C(F)(F)F)ccc1N1CCCC1CCl. The summed E-state index contributed by atoms with van der Waals surface area (Å²) in [5, 5.41) is 0. The summed E-state index contributed by atoms with van der Waals surface area (Å²) >= 11 is 5.76. The van der Waals surface area contributed by atoms with Gasteiger partial charge < -0.3 is 4.90 Å². The Morgan fingerprint density at radius 1 is 1.33 bits per heavy atom. The van der Waals surface area contributed by atoms with Crippen LogP contribution in [-0.4, -0.2) is 18.5 Å². The predicted octanol–water partition coefficient (Wildman–Crippen LogP) is 4.05. The summed E-state index contributed by atoms with van der Waals surface area (Å²) in [6.07, 6.45) is -2.81. The summed E-state index contributed by atoms with van der Waals surface area (Å²) in [5.74, 6) is -0.498. The molecule has 0 radical (unpaired) electrons. The fourth-order valence-electron chi connectivity index (χ4n) is 2.23. The van der Waals surface area contributed by atoms with Crippen molar-refractivity contribution in [2.45, 2.75) is 25.1 Å². The monoisotopic (exact) mass is 281 g/mol. The van der Waals surface area contributed by atoms with Crippen LogP contribution in [0.25, 0.3) is 0 Å². The lowest BCUT2D eigenvalue weighted by Gasteiger charge is -2.26. The standard InChI is InChI=1S/C12H12ClF4N/c13-7-9-2-1-5-18(9)11-4-3-8(6-10(11)14)12(15,16)17/h3-4,6,9H,1-2,5,7H2. The molecule has 1 atom stereocenters. The van der Waals surface area contributed by atoms with E-state index >= 15 is 0 Å². The highest BCUT2D eigenvalue weighted by molar-refractivity contribution is 6.18. The van der Waals surface area contributed by atoms with Crippen LogP contribution < -0.4 is 4.90 Å². The Morgan fingerprint density at radius 3 is 2.61 bits per heavy atom. The smallest absolute Gasteiger partial charge is 0.365 e. The maximum absolute atomic E-state index is 13.8. The minimum atomic E-state index is -4.52. The van der Waals surface area contributed by atoms with Crippen molar-refractivity contribution in [3.63, 3.8) is 0 Å². The summed E-state index contributed by atoms with van der Waals surface area (Å²) in [7, 11) is 0. The van der Waals surface area contributed by atoms with Crippen LogP contribution in [0.1, 0.15) is 18.4 Å². The molecule has 1 nitrogen and oxygen atoms in total. The molecule has 0 aromatic heterocycles. The van der Waals surface area contributed by atoms with Crippen molar-refractivity contribution in [1.82, 2.24) is 0 Å². The second-order valence-corrected chi connectivity index (χ2v) is 4.62. The number of hydrogen-bond acceptors (Lipinski definition) is 1. The molecule has 0 bridgehead atoms. The Hall–Kier alpha value is -0.970. The Balaban J connectivity index is 2.30. The lowest BCUT2D eigenvalue weighted by molar-refractivity contribution is -0.137. The van der Waals surface area contributed by atoms with E-state index in [0.29, 0.717) is 18.5 Å². The maximum atomic E-state index is 13.8. The summed E-state index contributed by atoms with van der Waals surface area (Å²) in [6.45, 7) is 0.625. The molecule has 1 unspecified atom stereocenters. The molecule has 18 heavy (non-hydrogen) atoms. The molecule has 0 spiro atoms. The highest BCUT2D eigenvalue weighted by Gasteiger charge is 2.32. The first-order chi connectivity index (χ1) is 8.43. The number of benzene rings is 1. The van der Waals surface area contributed by atoms with E-state index in [-0.39, 0.29) is 11.7 Å². The van der Waals surface area contributed by atoms with Gasteiger partial charge in [0.25, 0.3) is 0 Å². The fourth-order valence-corrected chi connectivity index (χ4v) is 2.55.